The number of ether oxygens (including phenoxy) is 1. The highest BCUT2D eigenvalue weighted by atomic mass is 16.5. The molecule has 1 heterocycles. The van der Waals surface area contributed by atoms with E-state index < -0.39 is 0 Å². The van der Waals surface area contributed by atoms with Crippen LogP contribution in [0.2, 0.25) is 0 Å². The number of hydrogen-bond acceptors (Lipinski definition) is 4. The second kappa shape index (κ2) is 6.04. The van der Waals surface area contributed by atoms with Crippen LogP contribution in [0.25, 0.3) is 11.1 Å². The maximum absolute atomic E-state index is 11.2. The Balaban J connectivity index is 1.99. The predicted molar refractivity (Wildman–Crippen MR) is 70.6 cm³/mol. The van der Waals surface area contributed by atoms with Crippen molar-refractivity contribution in [1.29, 1.82) is 0 Å². The zero-order chi connectivity index (χ0) is 13.7. The lowest BCUT2D eigenvalue weighted by molar-refractivity contribution is -0.143. The fourth-order valence-electron chi connectivity index (χ4n) is 1.73. The molecule has 2 aromatic rings. The summed E-state index contributed by atoms with van der Waals surface area (Å²) >= 11 is 0. The molecule has 0 aliphatic heterocycles. The number of carbonyl (C=O) groups is 1. The summed E-state index contributed by atoms with van der Waals surface area (Å²) in [7, 11) is 0. The number of aromatic hydroxyl groups is 1. The van der Waals surface area contributed by atoms with Crippen molar-refractivity contribution in [2.45, 2.75) is 19.9 Å². The molecule has 0 radical (unpaired) electrons. The van der Waals surface area contributed by atoms with Gasteiger partial charge in [-0.2, -0.15) is 5.10 Å². The van der Waals surface area contributed by atoms with Crippen molar-refractivity contribution < 1.29 is 14.6 Å². The van der Waals surface area contributed by atoms with Gasteiger partial charge in [-0.05, 0) is 24.6 Å². The van der Waals surface area contributed by atoms with E-state index >= 15 is 0 Å². The second-order valence-corrected chi connectivity index (χ2v) is 4.09. The number of rotatable bonds is 5. The summed E-state index contributed by atoms with van der Waals surface area (Å²) in [6.45, 7) is 2.68. The lowest BCUT2D eigenvalue weighted by Gasteiger charge is -2.01. The first-order valence-electron chi connectivity index (χ1n) is 6.16. The number of benzene rings is 1. The molecule has 0 unspecified atom stereocenters. The molecule has 0 spiro atoms. The Morgan fingerprint density at radius 1 is 1.32 bits per heavy atom. The van der Waals surface area contributed by atoms with Crippen LogP contribution in [-0.2, 0) is 16.1 Å². The van der Waals surface area contributed by atoms with Gasteiger partial charge in [-0.25, -0.2) is 0 Å². The van der Waals surface area contributed by atoms with Crippen LogP contribution in [0.5, 0.6) is 5.75 Å². The largest absolute Gasteiger partial charge is 0.508 e. The van der Waals surface area contributed by atoms with Crippen molar-refractivity contribution in [1.82, 2.24) is 9.78 Å². The van der Waals surface area contributed by atoms with Crippen LogP contribution in [-0.4, -0.2) is 27.5 Å². The lowest BCUT2D eigenvalue weighted by atomic mass is 10.1. The summed E-state index contributed by atoms with van der Waals surface area (Å²) in [6.07, 6.45) is 3.91. The number of hydrogen-bond donors (Lipinski definition) is 1. The second-order valence-electron chi connectivity index (χ2n) is 4.09. The van der Waals surface area contributed by atoms with E-state index in [-0.39, 0.29) is 11.7 Å². The number of aromatic nitrogens is 2. The first-order valence-corrected chi connectivity index (χ1v) is 6.16. The molecule has 19 heavy (non-hydrogen) atoms. The number of phenols is 1. The summed E-state index contributed by atoms with van der Waals surface area (Å²) < 4.78 is 6.57. The first-order chi connectivity index (χ1) is 9.19. The highest BCUT2D eigenvalue weighted by Crippen LogP contribution is 2.21. The Morgan fingerprint density at radius 3 is 2.74 bits per heavy atom. The van der Waals surface area contributed by atoms with Gasteiger partial charge in [-0.15, -0.1) is 0 Å². The minimum absolute atomic E-state index is 0.218. The first kappa shape index (κ1) is 13.1. The van der Waals surface area contributed by atoms with Crippen molar-refractivity contribution in [2.24, 2.45) is 0 Å². The SMILES string of the molecule is CCOC(=O)CCn1cc(-c2ccc(O)cc2)cn1. The monoisotopic (exact) mass is 260 g/mol. The van der Waals surface area contributed by atoms with Gasteiger partial charge in [0.15, 0.2) is 0 Å². The quantitative estimate of drug-likeness (QED) is 0.837. The number of phenolic OH excluding ortho intramolecular Hbond substituents is 1. The van der Waals surface area contributed by atoms with Crippen molar-refractivity contribution in [3.63, 3.8) is 0 Å². The molecule has 0 aliphatic rings. The molecule has 0 fully saturated rings. The lowest BCUT2D eigenvalue weighted by Crippen LogP contribution is -2.09. The normalized spacial score (nSPS) is 10.4. The molecule has 0 aliphatic carbocycles. The van der Waals surface area contributed by atoms with E-state index in [2.05, 4.69) is 5.10 Å². The van der Waals surface area contributed by atoms with Crippen LogP contribution < -0.4 is 0 Å². The topological polar surface area (TPSA) is 64.3 Å². The maximum atomic E-state index is 11.2. The minimum Gasteiger partial charge on any atom is -0.508 e. The minimum atomic E-state index is -0.218. The van der Waals surface area contributed by atoms with Gasteiger partial charge in [0, 0.05) is 11.8 Å². The zero-order valence-electron chi connectivity index (χ0n) is 10.7. The fourth-order valence-corrected chi connectivity index (χ4v) is 1.73. The molecule has 0 amide bonds. The van der Waals surface area contributed by atoms with Gasteiger partial charge in [0.25, 0.3) is 0 Å². The fraction of sp³-hybridized carbons (Fsp3) is 0.286. The van der Waals surface area contributed by atoms with Gasteiger partial charge in [-0.1, -0.05) is 12.1 Å². The third-order valence-corrected chi connectivity index (χ3v) is 2.68. The van der Waals surface area contributed by atoms with E-state index in [1.54, 1.807) is 29.9 Å². The Kier molecular flexibility index (Phi) is 4.18. The van der Waals surface area contributed by atoms with Crippen molar-refractivity contribution in [3.05, 3.63) is 36.7 Å². The Labute approximate surface area is 111 Å². The van der Waals surface area contributed by atoms with Crippen LogP contribution in [0, 0.1) is 0 Å². The molecule has 0 atom stereocenters. The summed E-state index contributed by atoms with van der Waals surface area (Å²) in [5.74, 6) is 0.0163. The number of aryl methyl sites for hydroxylation is 1. The summed E-state index contributed by atoms with van der Waals surface area (Å²) in [5.41, 5.74) is 1.92. The molecule has 0 saturated carbocycles. The summed E-state index contributed by atoms with van der Waals surface area (Å²) in [4.78, 5) is 11.2. The molecule has 0 saturated heterocycles. The van der Waals surface area contributed by atoms with Gasteiger partial charge >= 0.3 is 5.97 Å². The molecule has 5 nitrogen and oxygen atoms in total. The van der Waals surface area contributed by atoms with Crippen molar-refractivity contribution in [3.8, 4) is 16.9 Å². The van der Waals surface area contributed by atoms with Gasteiger partial charge in [0.2, 0.25) is 0 Å². The summed E-state index contributed by atoms with van der Waals surface area (Å²) in [5, 5.41) is 13.4. The molecular weight excluding hydrogens is 244 g/mol. The van der Waals surface area contributed by atoms with Crippen LogP contribution in [0.15, 0.2) is 36.7 Å². The van der Waals surface area contributed by atoms with E-state index in [4.69, 9.17) is 4.74 Å². The number of carbonyl (C=O) groups excluding carboxylic acids is 1. The highest BCUT2D eigenvalue weighted by Gasteiger charge is 2.05. The van der Waals surface area contributed by atoms with E-state index in [0.717, 1.165) is 11.1 Å². The molecule has 100 valence electrons. The molecule has 5 heteroatoms. The van der Waals surface area contributed by atoms with Crippen molar-refractivity contribution >= 4 is 5.97 Å². The predicted octanol–water partition coefficient (Wildman–Crippen LogP) is 2.21. The maximum Gasteiger partial charge on any atom is 0.307 e. The Bertz CT molecular complexity index is 546. The average Bonchev–Trinajstić information content (AvgIpc) is 2.86. The van der Waals surface area contributed by atoms with Gasteiger partial charge in [-0.3, -0.25) is 9.48 Å². The zero-order valence-corrected chi connectivity index (χ0v) is 10.7. The molecule has 2 rings (SSSR count). The third-order valence-electron chi connectivity index (χ3n) is 2.68. The smallest absolute Gasteiger partial charge is 0.307 e. The Morgan fingerprint density at radius 2 is 2.05 bits per heavy atom. The number of nitrogens with zero attached hydrogens (tertiary/aromatic N) is 2. The van der Waals surface area contributed by atoms with Crippen LogP contribution in [0.1, 0.15) is 13.3 Å². The standard InChI is InChI=1S/C14H16N2O3/c1-2-19-14(18)7-8-16-10-12(9-15-16)11-3-5-13(17)6-4-11/h3-6,9-10,17H,2,7-8H2,1H3. The van der Waals surface area contributed by atoms with Crippen LogP contribution >= 0.6 is 0 Å². The van der Waals surface area contributed by atoms with E-state index in [1.807, 2.05) is 18.3 Å². The van der Waals surface area contributed by atoms with E-state index in [9.17, 15) is 9.90 Å². The van der Waals surface area contributed by atoms with E-state index in [1.165, 1.54) is 0 Å². The molecular formula is C14H16N2O3. The highest BCUT2D eigenvalue weighted by molar-refractivity contribution is 5.69. The molecule has 1 aromatic heterocycles. The van der Waals surface area contributed by atoms with Crippen LogP contribution in [0.3, 0.4) is 0 Å². The third kappa shape index (κ3) is 3.58. The molecule has 1 N–H and O–H groups in total. The average molecular weight is 260 g/mol. The van der Waals surface area contributed by atoms with E-state index in [0.29, 0.717) is 19.6 Å². The summed E-state index contributed by atoms with van der Waals surface area (Å²) in [6, 6.07) is 6.90. The van der Waals surface area contributed by atoms with Crippen LogP contribution in [0.4, 0.5) is 0 Å². The molecule has 0 bridgehead atoms. The van der Waals surface area contributed by atoms with Crippen molar-refractivity contribution in [2.75, 3.05) is 6.61 Å². The van der Waals surface area contributed by atoms with Gasteiger partial charge < -0.3 is 9.84 Å². The van der Waals surface area contributed by atoms with Gasteiger partial charge in [0.1, 0.15) is 5.75 Å². The number of esters is 1. The van der Waals surface area contributed by atoms with Gasteiger partial charge in [0.05, 0.1) is 25.8 Å². The molecule has 1 aromatic carbocycles. The Hall–Kier alpha value is -2.30.